The maximum Gasteiger partial charge on any atom is 0.145 e. The van der Waals surface area contributed by atoms with E-state index in [0.717, 1.165) is 47.9 Å². The summed E-state index contributed by atoms with van der Waals surface area (Å²) in [5.41, 5.74) is 14.7. The molecule has 2 aliphatic rings. The lowest BCUT2D eigenvalue weighted by Crippen LogP contribution is -2.06. The van der Waals surface area contributed by atoms with Gasteiger partial charge in [0.1, 0.15) is 5.65 Å². The molecule has 47 heavy (non-hydrogen) atoms. The largest absolute Gasteiger partial charge is 0.294 e. The number of hydrogen-bond acceptors (Lipinski definition) is 1. The molecule has 0 N–H and O–H groups in total. The number of aromatic nitrogens is 2. The summed E-state index contributed by atoms with van der Waals surface area (Å²) in [5, 5.41) is 2.36. The number of allylic oxidation sites excluding steroid dienone is 8. The first-order valence-electron chi connectivity index (χ1n) is 16.7. The Hall–Kier alpha value is -5.47. The monoisotopic (exact) mass is 606 g/mol. The maximum absolute atomic E-state index is 4.84. The normalized spacial score (nSPS) is 17.0. The average Bonchev–Trinajstić information content (AvgIpc) is 3.47. The summed E-state index contributed by atoms with van der Waals surface area (Å²) < 4.78 is 2.28. The second-order valence-corrected chi connectivity index (χ2v) is 12.8. The van der Waals surface area contributed by atoms with Gasteiger partial charge in [0.25, 0.3) is 0 Å². The lowest BCUT2D eigenvalue weighted by molar-refractivity contribution is 0.844. The smallest absolute Gasteiger partial charge is 0.145 e. The first kappa shape index (κ1) is 29.0. The van der Waals surface area contributed by atoms with Crippen LogP contribution in [-0.2, 0) is 0 Å². The highest BCUT2D eigenvalue weighted by molar-refractivity contribution is 6.09. The Bertz CT molecular complexity index is 2260. The van der Waals surface area contributed by atoms with Gasteiger partial charge in [0.2, 0.25) is 0 Å². The van der Waals surface area contributed by atoms with Gasteiger partial charge in [-0.3, -0.25) is 4.57 Å². The van der Waals surface area contributed by atoms with Gasteiger partial charge in [0.15, 0.2) is 0 Å². The molecule has 1 atom stereocenters. The minimum Gasteiger partial charge on any atom is -0.294 e. The summed E-state index contributed by atoms with van der Waals surface area (Å²) in [6.45, 7) is 6.89. The van der Waals surface area contributed by atoms with Gasteiger partial charge in [-0.25, -0.2) is 4.98 Å². The lowest BCUT2D eigenvalue weighted by atomic mass is 9.80. The zero-order chi connectivity index (χ0) is 31.7. The molecule has 0 aliphatic heterocycles. The number of pyridine rings is 1. The van der Waals surface area contributed by atoms with Crippen molar-refractivity contribution in [1.29, 1.82) is 0 Å². The van der Waals surface area contributed by atoms with Crippen LogP contribution in [0.2, 0.25) is 0 Å². The van der Waals surface area contributed by atoms with Gasteiger partial charge in [-0.2, -0.15) is 0 Å². The summed E-state index contributed by atoms with van der Waals surface area (Å²) >= 11 is 0. The Labute approximate surface area is 277 Å². The van der Waals surface area contributed by atoms with Gasteiger partial charge in [-0.15, -0.1) is 0 Å². The molecule has 2 aliphatic carbocycles. The van der Waals surface area contributed by atoms with Crippen molar-refractivity contribution in [2.45, 2.75) is 32.6 Å². The van der Waals surface area contributed by atoms with Gasteiger partial charge in [-0.1, -0.05) is 115 Å². The predicted molar refractivity (Wildman–Crippen MR) is 200 cm³/mol. The maximum atomic E-state index is 4.84. The van der Waals surface area contributed by atoms with Gasteiger partial charge in [-0.05, 0) is 114 Å². The molecule has 6 aromatic rings. The van der Waals surface area contributed by atoms with Gasteiger partial charge < -0.3 is 0 Å². The van der Waals surface area contributed by atoms with E-state index in [1.165, 1.54) is 55.5 Å². The molecule has 2 heterocycles. The summed E-state index contributed by atoms with van der Waals surface area (Å²) in [4.78, 5) is 4.84. The van der Waals surface area contributed by atoms with Crippen LogP contribution in [0.3, 0.4) is 0 Å². The van der Waals surface area contributed by atoms with E-state index in [-0.39, 0.29) is 5.92 Å². The summed E-state index contributed by atoms with van der Waals surface area (Å²) in [7, 11) is 0. The van der Waals surface area contributed by atoms with Crippen molar-refractivity contribution < 1.29 is 0 Å². The first-order valence-corrected chi connectivity index (χ1v) is 16.7. The van der Waals surface area contributed by atoms with Crippen molar-refractivity contribution in [2.75, 3.05) is 0 Å². The Morgan fingerprint density at radius 1 is 0.766 bits per heavy atom. The van der Waals surface area contributed by atoms with E-state index in [0.29, 0.717) is 0 Å². The second kappa shape index (κ2) is 12.4. The van der Waals surface area contributed by atoms with Crippen LogP contribution < -0.4 is 0 Å². The number of fused-ring (bicyclic) bond motifs is 3. The third kappa shape index (κ3) is 5.40. The number of aryl methyl sites for hydroxylation is 1. The fraction of sp³-hybridized carbons (Fsp3) is 0.133. The lowest BCUT2D eigenvalue weighted by Gasteiger charge is -2.24. The fourth-order valence-electron chi connectivity index (χ4n) is 7.31. The van der Waals surface area contributed by atoms with Crippen molar-refractivity contribution in [3.63, 3.8) is 0 Å². The van der Waals surface area contributed by atoms with Crippen LogP contribution in [0.15, 0.2) is 158 Å². The van der Waals surface area contributed by atoms with Gasteiger partial charge in [0, 0.05) is 28.6 Å². The van der Waals surface area contributed by atoms with Crippen LogP contribution in [0.5, 0.6) is 0 Å². The molecule has 0 fully saturated rings. The average molecular weight is 607 g/mol. The third-order valence-electron chi connectivity index (χ3n) is 9.77. The molecule has 1 unspecified atom stereocenters. The van der Waals surface area contributed by atoms with Gasteiger partial charge >= 0.3 is 0 Å². The summed E-state index contributed by atoms with van der Waals surface area (Å²) in [5.74, 6) is 0.267. The molecule has 228 valence electrons. The van der Waals surface area contributed by atoms with Crippen LogP contribution in [-0.4, -0.2) is 9.55 Å². The van der Waals surface area contributed by atoms with Crippen LogP contribution in [0.25, 0.3) is 49.9 Å². The van der Waals surface area contributed by atoms with E-state index in [9.17, 15) is 0 Å². The first-order chi connectivity index (χ1) is 23.2. The highest BCUT2D eigenvalue weighted by atomic mass is 15.0. The SMILES string of the molecule is C=C(c1cc(-c2ccc3c(c2)c2cccnc2n3-c2ccc(C)cc2)ccc1/C(=C1\CC=CCC1)c1ccccc1)C1C=CC=CC1. The summed E-state index contributed by atoms with van der Waals surface area (Å²) in [6, 6.07) is 37.8. The van der Waals surface area contributed by atoms with E-state index in [1.807, 2.05) is 12.3 Å². The Morgan fingerprint density at radius 3 is 2.38 bits per heavy atom. The molecule has 8 rings (SSSR count). The molecule has 2 aromatic heterocycles. The van der Waals surface area contributed by atoms with Crippen LogP contribution in [0.4, 0.5) is 0 Å². The van der Waals surface area contributed by atoms with Gasteiger partial charge in [0.05, 0.1) is 5.52 Å². The van der Waals surface area contributed by atoms with Crippen LogP contribution in [0.1, 0.15) is 47.9 Å². The van der Waals surface area contributed by atoms with Crippen molar-refractivity contribution in [1.82, 2.24) is 9.55 Å². The third-order valence-corrected chi connectivity index (χ3v) is 9.77. The minimum atomic E-state index is 0.267. The Kier molecular flexibility index (Phi) is 7.63. The highest BCUT2D eigenvalue weighted by Crippen LogP contribution is 2.42. The molecular formula is C45H38N2. The number of benzene rings is 4. The molecule has 0 spiro atoms. The van der Waals surface area contributed by atoms with E-state index in [4.69, 9.17) is 11.6 Å². The van der Waals surface area contributed by atoms with E-state index in [2.05, 4.69) is 145 Å². The zero-order valence-electron chi connectivity index (χ0n) is 26.9. The summed E-state index contributed by atoms with van der Waals surface area (Å²) in [6.07, 6.45) is 19.5. The molecule has 2 heteroatoms. The number of nitrogens with zero attached hydrogens (tertiary/aromatic N) is 2. The predicted octanol–water partition coefficient (Wildman–Crippen LogP) is 11.8. The topological polar surface area (TPSA) is 17.8 Å². The molecule has 4 aromatic carbocycles. The van der Waals surface area contributed by atoms with E-state index < -0.39 is 0 Å². The zero-order valence-corrected chi connectivity index (χ0v) is 26.9. The van der Waals surface area contributed by atoms with Crippen molar-refractivity contribution in [3.05, 3.63) is 180 Å². The Balaban J connectivity index is 1.31. The fourth-order valence-corrected chi connectivity index (χ4v) is 7.31. The molecule has 0 bridgehead atoms. The van der Waals surface area contributed by atoms with Crippen LogP contribution >= 0.6 is 0 Å². The van der Waals surface area contributed by atoms with Crippen LogP contribution in [0, 0.1) is 12.8 Å². The van der Waals surface area contributed by atoms with Crippen molar-refractivity contribution in [3.8, 4) is 16.8 Å². The molecule has 0 saturated carbocycles. The standard InChI is InChI=1S/C45H38N2/c1-31-20-24-38(25-21-31)47-43-27-23-37(30-42(43)40-19-12-28-46-45(40)47)36-22-26-39(41(29-36)32(2)33-13-6-3-7-14-33)44(34-15-8-4-9-16-34)35-17-10-5-11-18-35/h3-10,12-13,15-16,19-30,33H,2,11,14,17-18H2,1H3/b44-35+. The van der Waals surface area contributed by atoms with Crippen molar-refractivity contribution in [2.24, 2.45) is 5.92 Å². The number of rotatable bonds is 6. The minimum absolute atomic E-state index is 0.267. The molecule has 0 saturated heterocycles. The second-order valence-electron chi connectivity index (χ2n) is 12.8. The quantitative estimate of drug-likeness (QED) is 0.172. The van der Waals surface area contributed by atoms with E-state index in [1.54, 1.807) is 0 Å². The van der Waals surface area contributed by atoms with E-state index >= 15 is 0 Å². The Morgan fingerprint density at radius 2 is 1.60 bits per heavy atom. The molecule has 0 radical (unpaired) electrons. The molecular weight excluding hydrogens is 569 g/mol. The molecule has 0 amide bonds. The number of hydrogen-bond donors (Lipinski definition) is 0. The molecule has 2 nitrogen and oxygen atoms in total. The van der Waals surface area contributed by atoms with Crippen molar-refractivity contribution >= 4 is 33.1 Å². The highest BCUT2D eigenvalue weighted by Gasteiger charge is 2.22.